The molecule has 1 rings (SSSR count). The van der Waals surface area contributed by atoms with E-state index in [1.54, 1.807) is 4.28 Å². The van der Waals surface area contributed by atoms with Crippen LogP contribution in [0.25, 0.3) is 0 Å². The van der Waals surface area contributed by atoms with Gasteiger partial charge in [-0.1, -0.05) is 0 Å². The molecule has 0 aliphatic heterocycles. The molecule has 0 fully saturated rings. The minimum absolute atomic E-state index is 0. The molecule has 0 aromatic carbocycles. The molecule has 0 spiro atoms. The van der Waals surface area contributed by atoms with Crippen molar-refractivity contribution >= 4 is 40.7 Å². The molecule has 0 radical (unpaired) electrons. The average Bonchev–Trinajstić information content (AvgIpc) is 2.52. The third-order valence-electron chi connectivity index (χ3n) is 1.04. The Bertz CT molecular complexity index is 181. The number of hydrogen-bond donors (Lipinski definition) is 0. The summed E-state index contributed by atoms with van der Waals surface area (Å²) >= 11 is 0.523. The van der Waals surface area contributed by atoms with Crippen LogP contribution in [0.15, 0.2) is 22.5 Å². The van der Waals surface area contributed by atoms with E-state index in [9.17, 15) is 0 Å². The Morgan fingerprint density at radius 2 is 1.29 bits per heavy atom. The van der Waals surface area contributed by atoms with E-state index in [0.29, 0.717) is 32.1 Å². The summed E-state index contributed by atoms with van der Waals surface area (Å²) in [5.74, 6) is 0. The van der Waals surface area contributed by atoms with Crippen LogP contribution in [0.1, 0.15) is 6.42 Å². The SMILES string of the molecule is CP(C)C.CP(C)C.Cl.Cl.[CH3][V][C]1=CC=CC1. The molecule has 1 aliphatic carbocycles. The summed E-state index contributed by atoms with van der Waals surface area (Å²) in [5.41, 5.74) is 2.29. The molecular formula is C12H28Cl2P2V. The van der Waals surface area contributed by atoms with Crippen LogP contribution in [-0.2, 0) is 16.3 Å². The van der Waals surface area contributed by atoms with Crippen molar-refractivity contribution in [1.82, 2.24) is 0 Å². The van der Waals surface area contributed by atoms with Gasteiger partial charge in [-0.25, -0.2) is 0 Å². The van der Waals surface area contributed by atoms with Crippen LogP contribution in [-0.4, -0.2) is 40.0 Å². The second kappa shape index (κ2) is 19.8. The molecule has 5 heteroatoms. The van der Waals surface area contributed by atoms with Gasteiger partial charge in [-0.15, -0.1) is 40.7 Å². The second-order valence-corrected chi connectivity index (χ2v) is 11.2. The summed E-state index contributed by atoms with van der Waals surface area (Å²) in [6.07, 6.45) is 7.83. The molecule has 0 saturated heterocycles. The van der Waals surface area contributed by atoms with Gasteiger partial charge in [0.1, 0.15) is 0 Å². The monoisotopic (exact) mass is 355 g/mol. The molecule has 1 aliphatic rings. The van der Waals surface area contributed by atoms with Crippen LogP contribution in [0, 0.1) is 0 Å². The van der Waals surface area contributed by atoms with E-state index in [2.05, 4.69) is 63.9 Å². The molecule has 0 aromatic heterocycles. The zero-order valence-corrected chi connectivity index (χ0v) is 16.9. The predicted molar refractivity (Wildman–Crippen MR) is 91.6 cm³/mol. The Labute approximate surface area is 131 Å². The fourth-order valence-corrected chi connectivity index (χ4v) is 1.42. The predicted octanol–water partition coefficient (Wildman–Crippen LogP) is 5.52. The Morgan fingerprint density at radius 3 is 1.41 bits per heavy atom. The molecule has 0 nitrogen and oxygen atoms in total. The van der Waals surface area contributed by atoms with Gasteiger partial charge in [0.2, 0.25) is 0 Å². The fourth-order valence-electron chi connectivity index (χ4n) is 0.602. The van der Waals surface area contributed by atoms with Gasteiger partial charge >= 0.3 is 50.9 Å². The van der Waals surface area contributed by atoms with E-state index >= 15 is 0 Å². The summed E-state index contributed by atoms with van der Waals surface area (Å²) in [4.78, 5) is 0. The number of halogens is 2. The third-order valence-corrected chi connectivity index (χ3v) is 2.45. The molecule has 0 heterocycles. The molecule has 105 valence electrons. The van der Waals surface area contributed by atoms with Crippen LogP contribution >= 0.6 is 40.7 Å². The molecule has 0 aromatic rings. The zero-order valence-electron chi connectivity index (χ0n) is 12.1. The molecule has 0 amide bonds. The molecule has 0 unspecified atom stereocenters. The van der Waals surface area contributed by atoms with Gasteiger partial charge in [0.15, 0.2) is 0 Å². The van der Waals surface area contributed by atoms with Crippen LogP contribution < -0.4 is 0 Å². The maximum absolute atomic E-state index is 2.29. The number of rotatable bonds is 1. The van der Waals surface area contributed by atoms with Crippen molar-refractivity contribution in [1.29, 1.82) is 0 Å². The van der Waals surface area contributed by atoms with Gasteiger partial charge in [0, 0.05) is 0 Å². The first-order valence-electron chi connectivity index (χ1n) is 5.07. The van der Waals surface area contributed by atoms with E-state index in [4.69, 9.17) is 0 Å². The first kappa shape index (κ1) is 27.0. The van der Waals surface area contributed by atoms with E-state index in [0.717, 1.165) is 0 Å². The molecule has 0 N–H and O–H groups in total. The summed E-state index contributed by atoms with van der Waals surface area (Å²) in [6, 6.07) is 0. The molecular weight excluding hydrogens is 328 g/mol. The van der Waals surface area contributed by atoms with Gasteiger partial charge < -0.3 is 0 Å². The van der Waals surface area contributed by atoms with Crippen LogP contribution in [0.3, 0.4) is 0 Å². The van der Waals surface area contributed by atoms with E-state index in [-0.39, 0.29) is 24.8 Å². The summed E-state index contributed by atoms with van der Waals surface area (Å²) in [6.45, 7) is 13.4. The third kappa shape index (κ3) is 38.1. The van der Waals surface area contributed by atoms with Crippen molar-refractivity contribution in [3.8, 4) is 0 Å². The van der Waals surface area contributed by atoms with Gasteiger partial charge in [0.25, 0.3) is 0 Å². The van der Waals surface area contributed by atoms with Crippen molar-refractivity contribution in [3.05, 3.63) is 22.5 Å². The number of allylic oxidation sites excluding steroid dienone is 4. The fraction of sp³-hybridized carbons (Fsp3) is 0.667. The normalized spacial score (nSPS) is 11.2. The van der Waals surface area contributed by atoms with Gasteiger partial charge in [-0.3, -0.25) is 0 Å². The molecule has 0 saturated carbocycles. The van der Waals surface area contributed by atoms with E-state index in [1.807, 2.05) is 0 Å². The quantitative estimate of drug-likeness (QED) is 0.543. The standard InChI is InChI=1S/C5H5.2C3H9P.CH3.2ClH.V/c1-2-4-5-3-1;2*1-4(2)3;;;;/h1-3H,4H2;2*1-3H3;1H3;2*1H;. The van der Waals surface area contributed by atoms with Crippen LogP contribution in [0.4, 0.5) is 0 Å². The van der Waals surface area contributed by atoms with Crippen molar-refractivity contribution in [3.63, 3.8) is 0 Å². The van der Waals surface area contributed by atoms with Gasteiger partial charge in [-0.05, 0) is 40.0 Å². The van der Waals surface area contributed by atoms with E-state index in [1.165, 1.54) is 6.42 Å². The first-order chi connectivity index (χ1) is 6.90. The Hall–Kier alpha value is 1.50. The molecule has 0 bridgehead atoms. The minimum atomic E-state index is 0. The Kier molecular flexibility index (Phi) is 31.4. The van der Waals surface area contributed by atoms with Gasteiger partial charge in [-0.2, -0.15) is 0 Å². The van der Waals surface area contributed by atoms with Crippen molar-refractivity contribution in [2.45, 2.75) is 12.1 Å². The Balaban J connectivity index is -0.0000000755. The maximum atomic E-state index is 2.29. The topological polar surface area (TPSA) is 0 Å². The van der Waals surface area contributed by atoms with E-state index < -0.39 is 0 Å². The van der Waals surface area contributed by atoms with Crippen molar-refractivity contribution in [2.24, 2.45) is 0 Å². The first-order valence-corrected chi connectivity index (χ1v) is 12.5. The van der Waals surface area contributed by atoms with Crippen LogP contribution in [0.2, 0.25) is 5.64 Å². The molecule has 17 heavy (non-hydrogen) atoms. The van der Waals surface area contributed by atoms with Gasteiger partial charge in [0.05, 0.1) is 0 Å². The summed E-state index contributed by atoms with van der Waals surface area (Å²) in [5, 5.41) is 0. The average molecular weight is 356 g/mol. The van der Waals surface area contributed by atoms with Crippen LogP contribution in [0.5, 0.6) is 0 Å². The number of hydrogen-bond acceptors (Lipinski definition) is 0. The Morgan fingerprint density at radius 1 is 0.941 bits per heavy atom. The summed E-state index contributed by atoms with van der Waals surface area (Å²) < 4.78 is 1.65. The zero-order chi connectivity index (χ0) is 12.3. The molecule has 0 atom stereocenters. The summed E-state index contributed by atoms with van der Waals surface area (Å²) in [7, 11) is 0.759. The second-order valence-electron chi connectivity index (χ2n) is 4.20. The van der Waals surface area contributed by atoms with Crippen molar-refractivity contribution < 1.29 is 16.3 Å². The van der Waals surface area contributed by atoms with Crippen molar-refractivity contribution in [2.75, 3.05) is 40.0 Å².